The van der Waals surface area contributed by atoms with E-state index in [0.29, 0.717) is 22.3 Å². The number of aromatic nitrogens is 4. The fraction of sp³-hybridized carbons (Fsp3) is 0.333. The van der Waals surface area contributed by atoms with E-state index in [9.17, 15) is 4.79 Å². The molecule has 0 aliphatic carbocycles. The Bertz CT molecular complexity index is 717. The molecule has 0 spiro atoms. The second kappa shape index (κ2) is 5.49. The number of nitrogens with zero attached hydrogens (tertiary/aromatic N) is 3. The van der Waals surface area contributed by atoms with Gasteiger partial charge in [-0.25, -0.2) is 14.9 Å². The van der Waals surface area contributed by atoms with Crippen molar-refractivity contribution in [2.45, 2.75) is 37.5 Å². The van der Waals surface area contributed by atoms with Gasteiger partial charge in [0, 0.05) is 12.2 Å². The first-order valence-electron chi connectivity index (χ1n) is 6.09. The SMILES string of the molecule is CCn1c(Sc2nc(C)cc(C)c2C(=N)N)n[nH]c1=O. The maximum atomic E-state index is 11.6. The van der Waals surface area contributed by atoms with Crippen molar-refractivity contribution >= 4 is 17.6 Å². The highest BCUT2D eigenvalue weighted by molar-refractivity contribution is 7.99. The zero-order chi connectivity index (χ0) is 14.9. The van der Waals surface area contributed by atoms with Crippen LogP contribution >= 0.6 is 11.8 Å². The van der Waals surface area contributed by atoms with Gasteiger partial charge in [0.05, 0.1) is 5.56 Å². The monoisotopic (exact) mass is 292 g/mol. The third-order valence-electron chi connectivity index (χ3n) is 2.81. The topological polar surface area (TPSA) is 113 Å². The molecule has 2 aromatic heterocycles. The second-order valence-electron chi connectivity index (χ2n) is 4.33. The number of aryl methyl sites for hydroxylation is 2. The minimum absolute atomic E-state index is 0.0431. The van der Waals surface area contributed by atoms with Crippen LogP contribution in [0.1, 0.15) is 23.7 Å². The number of rotatable bonds is 4. The first-order valence-corrected chi connectivity index (χ1v) is 6.91. The Kier molecular flexibility index (Phi) is 3.93. The van der Waals surface area contributed by atoms with Gasteiger partial charge in [0.15, 0.2) is 5.16 Å². The summed E-state index contributed by atoms with van der Waals surface area (Å²) < 4.78 is 1.51. The van der Waals surface area contributed by atoms with E-state index < -0.39 is 0 Å². The van der Waals surface area contributed by atoms with Crippen LogP contribution in [0.2, 0.25) is 0 Å². The molecule has 0 atom stereocenters. The maximum Gasteiger partial charge on any atom is 0.343 e. The number of hydrogen-bond acceptors (Lipinski definition) is 5. The van der Waals surface area contributed by atoms with Crippen LogP contribution in [0, 0.1) is 19.3 Å². The zero-order valence-corrected chi connectivity index (χ0v) is 12.3. The largest absolute Gasteiger partial charge is 0.384 e. The van der Waals surface area contributed by atoms with Crippen molar-refractivity contribution in [3.8, 4) is 0 Å². The molecule has 0 amide bonds. The molecule has 0 aliphatic rings. The molecule has 0 radical (unpaired) electrons. The molecule has 106 valence electrons. The van der Waals surface area contributed by atoms with Gasteiger partial charge in [-0.3, -0.25) is 9.98 Å². The number of nitrogen functional groups attached to an aromatic ring is 1. The summed E-state index contributed by atoms with van der Waals surface area (Å²) in [7, 11) is 0. The normalized spacial score (nSPS) is 10.8. The number of H-pyrrole nitrogens is 1. The van der Waals surface area contributed by atoms with Gasteiger partial charge in [0.25, 0.3) is 0 Å². The Morgan fingerprint density at radius 3 is 2.85 bits per heavy atom. The van der Waals surface area contributed by atoms with E-state index >= 15 is 0 Å². The molecule has 0 aliphatic heterocycles. The number of hydrogen-bond donors (Lipinski definition) is 3. The summed E-state index contributed by atoms with van der Waals surface area (Å²) in [6.07, 6.45) is 0. The average molecular weight is 292 g/mol. The van der Waals surface area contributed by atoms with Crippen LogP contribution < -0.4 is 11.4 Å². The van der Waals surface area contributed by atoms with Gasteiger partial charge in [-0.1, -0.05) is 0 Å². The number of pyridine rings is 1. The number of nitrogens with one attached hydrogen (secondary N) is 2. The van der Waals surface area contributed by atoms with Gasteiger partial charge in [0.1, 0.15) is 10.9 Å². The van der Waals surface area contributed by atoms with Crippen molar-refractivity contribution < 1.29 is 0 Å². The first-order chi connectivity index (χ1) is 9.43. The summed E-state index contributed by atoms with van der Waals surface area (Å²) in [5.41, 5.74) is 7.66. The fourth-order valence-electron chi connectivity index (χ4n) is 1.95. The highest BCUT2D eigenvalue weighted by Crippen LogP contribution is 2.28. The van der Waals surface area contributed by atoms with Crippen LogP contribution in [0.5, 0.6) is 0 Å². The van der Waals surface area contributed by atoms with E-state index in [0.717, 1.165) is 11.3 Å². The first kappa shape index (κ1) is 14.3. The van der Waals surface area contributed by atoms with E-state index in [1.807, 2.05) is 26.8 Å². The minimum atomic E-state index is -0.260. The third kappa shape index (κ3) is 2.60. The highest BCUT2D eigenvalue weighted by atomic mass is 32.2. The van der Waals surface area contributed by atoms with Crippen molar-refractivity contribution in [2.24, 2.45) is 5.73 Å². The van der Waals surface area contributed by atoms with E-state index in [4.69, 9.17) is 11.1 Å². The molecule has 0 saturated carbocycles. The number of nitrogens with two attached hydrogens (primary N) is 1. The van der Waals surface area contributed by atoms with E-state index in [2.05, 4.69) is 15.2 Å². The smallest absolute Gasteiger partial charge is 0.343 e. The van der Waals surface area contributed by atoms with Crippen LogP contribution in [0.3, 0.4) is 0 Å². The molecule has 0 saturated heterocycles. The van der Waals surface area contributed by atoms with Gasteiger partial charge in [-0.15, -0.1) is 5.10 Å². The summed E-state index contributed by atoms with van der Waals surface area (Å²) in [5.74, 6) is -0.0431. The molecule has 7 nitrogen and oxygen atoms in total. The predicted octanol–water partition coefficient (Wildman–Crippen LogP) is 1.04. The van der Waals surface area contributed by atoms with Crippen molar-refractivity contribution in [1.29, 1.82) is 5.41 Å². The lowest BCUT2D eigenvalue weighted by molar-refractivity contribution is 0.660. The lowest BCUT2D eigenvalue weighted by Crippen LogP contribution is -2.17. The van der Waals surface area contributed by atoms with Gasteiger partial charge < -0.3 is 5.73 Å². The highest BCUT2D eigenvalue weighted by Gasteiger charge is 2.16. The second-order valence-corrected chi connectivity index (χ2v) is 5.29. The molecule has 0 unspecified atom stereocenters. The fourth-order valence-corrected chi connectivity index (χ4v) is 3.10. The van der Waals surface area contributed by atoms with Crippen molar-refractivity contribution in [3.63, 3.8) is 0 Å². The van der Waals surface area contributed by atoms with Crippen molar-refractivity contribution in [3.05, 3.63) is 33.4 Å². The Balaban J connectivity index is 2.53. The van der Waals surface area contributed by atoms with E-state index in [-0.39, 0.29) is 11.5 Å². The molecular weight excluding hydrogens is 276 g/mol. The number of amidine groups is 1. The molecule has 2 aromatic rings. The summed E-state index contributed by atoms with van der Waals surface area (Å²) in [6, 6.07) is 1.87. The van der Waals surface area contributed by atoms with Crippen LogP contribution in [-0.2, 0) is 6.54 Å². The summed E-state index contributed by atoms with van der Waals surface area (Å²) in [4.78, 5) is 16.0. The van der Waals surface area contributed by atoms with Crippen LogP contribution in [0.15, 0.2) is 21.0 Å². The zero-order valence-electron chi connectivity index (χ0n) is 11.5. The predicted molar refractivity (Wildman–Crippen MR) is 77.4 cm³/mol. The van der Waals surface area contributed by atoms with E-state index in [1.165, 1.54) is 16.3 Å². The number of aromatic amines is 1. The molecule has 2 heterocycles. The van der Waals surface area contributed by atoms with Gasteiger partial charge >= 0.3 is 5.69 Å². The quantitative estimate of drug-likeness (QED) is 0.575. The molecule has 8 heteroatoms. The van der Waals surface area contributed by atoms with Crippen LogP contribution in [0.4, 0.5) is 0 Å². The lowest BCUT2D eigenvalue weighted by atomic mass is 10.1. The molecular formula is C12H16N6OS. The van der Waals surface area contributed by atoms with Gasteiger partial charge in [-0.05, 0) is 44.2 Å². The van der Waals surface area contributed by atoms with Crippen LogP contribution in [-0.4, -0.2) is 25.6 Å². The Morgan fingerprint density at radius 1 is 1.55 bits per heavy atom. The standard InChI is InChI=1S/C12H16N6OS/c1-4-18-11(19)16-17-12(18)20-10-8(9(13)14)6(2)5-7(3)15-10/h5H,4H2,1-3H3,(H3,13,14)(H,16,19). The van der Waals surface area contributed by atoms with Crippen LogP contribution in [0.25, 0.3) is 0 Å². The third-order valence-corrected chi connectivity index (χ3v) is 3.79. The molecule has 0 fully saturated rings. The molecule has 20 heavy (non-hydrogen) atoms. The Hall–Kier alpha value is -2.09. The summed E-state index contributed by atoms with van der Waals surface area (Å²) in [5, 5.41) is 15.2. The van der Waals surface area contributed by atoms with Gasteiger partial charge in [0.2, 0.25) is 0 Å². The Morgan fingerprint density at radius 2 is 2.25 bits per heavy atom. The average Bonchev–Trinajstić information content (AvgIpc) is 2.68. The summed E-state index contributed by atoms with van der Waals surface area (Å²) in [6.45, 7) is 6.13. The maximum absolute atomic E-state index is 11.6. The lowest BCUT2D eigenvalue weighted by Gasteiger charge is -2.11. The minimum Gasteiger partial charge on any atom is -0.384 e. The molecule has 4 N–H and O–H groups in total. The summed E-state index contributed by atoms with van der Waals surface area (Å²) >= 11 is 1.23. The van der Waals surface area contributed by atoms with E-state index in [1.54, 1.807) is 0 Å². The Labute approximate surface area is 120 Å². The van der Waals surface area contributed by atoms with Gasteiger partial charge in [-0.2, -0.15) is 0 Å². The molecule has 0 bridgehead atoms. The molecule has 2 rings (SSSR count). The van der Waals surface area contributed by atoms with Crippen molar-refractivity contribution in [1.82, 2.24) is 19.7 Å². The van der Waals surface area contributed by atoms with Crippen molar-refractivity contribution in [2.75, 3.05) is 0 Å². The molecule has 0 aromatic carbocycles.